The SMILES string of the molecule is COc1cccc([C@H]2CC(=O)Nc3c2c(C)nn3-c2ccc3nnc(C)n3n2)c1OC1CCCC1. The summed E-state index contributed by atoms with van der Waals surface area (Å²) in [5, 5.41) is 20.7. The fourth-order valence-corrected chi connectivity index (χ4v) is 5.24. The molecule has 6 rings (SSSR count). The van der Waals surface area contributed by atoms with E-state index in [0.717, 1.165) is 35.4 Å². The van der Waals surface area contributed by atoms with E-state index in [2.05, 4.69) is 20.6 Å². The average Bonchev–Trinajstić information content (AvgIpc) is 3.58. The molecule has 1 amide bonds. The number of anilines is 1. The van der Waals surface area contributed by atoms with Crippen LogP contribution in [0.2, 0.25) is 0 Å². The number of para-hydroxylation sites is 1. The Kier molecular flexibility index (Phi) is 5.16. The highest BCUT2D eigenvalue weighted by Gasteiger charge is 2.36. The highest BCUT2D eigenvalue weighted by atomic mass is 16.5. The van der Waals surface area contributed by atoms with Crippen molar-refractivity contribution in [3.05, 3.63) is 53.0 Å². The van der Waals surface area contributed by atoms with Crippen LogP contribution in [0.25, 0.3) is 11.5 Å². The molecule has 1 aliphatic carbocycles. The number of benzene rings is 1. The molecule has 180 valence electrons. The van der Waals surface area contributed by atoms with Gasteiger partial charge < -0.3 is 14.8 Å². The Bertz CT molecular complexity index is 1430. The van der Waals surface area contributed by atoms with E-state index < -0.39 is 0 Å². The first-order valence-corrected chi connectivity index (χ1v) is 12.0. The van der Waals surface area contributed by atoms with Gasteiger partial charge in [0.15, 0.2) is 28.8 Å². The van der Waals surface area contributed by atoms with Gasteiger partial charge in [0, 0.05) is 23.5 Å². The van der Waals surface area contributed by atoms with Crippen LogP contribution in [-0.4, -0.2) is 48.7 Å². The monoisotopic (exact) mass is 473 g/mol. The van der Waals surface area contributed by atoms with Gasteiger partial charge in [-0.15, -0.1) is 15.3 Å². The summed E-state index contributed by atoms with van der Waals surface area (Å²) < 4.78 is 15.5. The molecular weight excluding hydrogens is 446 g/mol. The van der Waals surface area contributed by atoms with Crippen LogP contribution >= 0.6 is 0 Å². The molecule has 0 bridgehead atoms. The number of hydrogen-bond acceptors (Lipinski definition) is 7. The van der Waals surface area contributed by atoms with Gasteiger partial charge >= 0.3 is 0 Å². The van der Waals surface area contributed by atoms with E-state index in [1.54, 1.807) is 16.3 Å². The molecule has 10 heteroatoms. The number of hydrogen-bond donors (Lipinski definition) is 1. The second-order valence-corrected chi connectivity index (χ2v) is 9.18. The largest absolute Gasteiger partial charge is 0.493 e. The molecule has 1 fully saturated rings. The van der Waals surface area contributed by atoms with Crippen molar-refractivity contribution in [3.8, 4) is 17.3 Å². The van der Waals surface area contributed by atoms with Crippen LogP contribution in [0.3, 0.4) is 0 Å². The minimum Gasteiger partial charge on any atom is -0.493 e. The minimum absolute atomic E-state index is 0.0835. The third kappa shape index (κ3) is 3.60. The molecule has 1 saturated carbocycles. The fraction of sp³-hybridized carbons (Fsp3) is 0.400. The van der Waals surface area contributed by atoms with Gasteiger partial charge in [0.1, 0.15) is 5.82 Å². The highest BCUT2D eigenvalue weighted by Crippen LogP contribution is 2.46. The third-order valence-electron chi connectivity index (χ3n) is 6.92. The molecule has 2 aliphatic rings. The summed E-state index contributed by atoms with van der Waals surface area (Å²) >= 11 is 0. The van der Waals surface area contributed by atoms with Crippen molar-refractivity contribution in [2.24, 2.45) is 0 Å². The van der Waals surface area contributed by atoms with Crippen molar-refractivity contribution in [1.29, 1.82) is 0 Å². The molecule has 1 aliphatic heterocycles. The van der Waals surface area contributed by atoms with E-state index in [1.807, 2.05) is 44.2 Å². The number of carbonyl (C=O) groups is 1. The molecule has 0 saturated heterocycles. The zero-order valence-corrected chi connectivity index (χ0v) is 20.0. The normalized spacial score (nSPS) is 18.0. The predicted molar refractivity (Wildman–Crippen MR) is 128 cm³/mol. The van der Waals surface area contributed by atoms with E-state index in [4.69, 9.17) is 14.6 Å². The molecule has 3 aromatic heterocycles. The van der Waals surface area contributed by atoms with Gasteiger partial charge in [-0.2, -0.15) is 14.3 Å². The average molecular weight is 474 g/mol. The maximum Gasteiger partial charge on any atom is 0.226 e. The second kappa shape index (κ2) is 8.37. The maximum absolute atomic E-state index is 13.0. The highest BCUT2D eigenvalue weighted by molar-refractivity contribution is 5.95. The number of carbonyl (C=O) groups excluding carboxylic acids is 1. The summed E-state index contributed by atoms with van der Waals surface area (Å²) in [6, 6.07) is 9.55. The van der Waals surface area contributed by atoms with E-state index in [0.29, 0.717) is 35.3 Å². The van der Waals surface area contributed by atoms with Crippen LogP contribution in [0.4, 0.5) is 5.82 Å². The van der Waals surface area contributed by atoms with Crippen molar-refractivity contribution in [2.45, 2.75) is 58.0 Å². The molecule has 4 aromatic rings. The van der Waals surface area contributed by atoms with E-state index >= 15 is 0 Å². The number of aryl methyl sites for hydroxylation is 2. The number of ether oxygens (including phenoxy) is 2. The lowest BCUT2D eigenvalue weighted by Gasteiger charge is -2.27. The predicted octanol–water partition coefficient (Wildman–Crippen LogP) is 3.73. The summed E-state index contributed by atoms with van der Waals surface area (Å²) in [7, 11) is 1.65. The Balaban J connectivity index is 1.48. The van der Waals surface area contributed by atoms with E-state index in [9.17, 15) is 4.79 Å². The fourth-order valence-electron chi connectivity index (χ4n) is 5.24. The molecule has 10 nitrogen and oxygen atoms in total. The Morgan fingerprint density at radius 1 is 1.06 bits per heavy atom. The second-order valence-electron chi connectivity index (χ2n) is 9.18. The van der Waals surface area contributed by atoms with Gasteiger partial charge in [0.2, 0.25) is 5.91 Å². The number of fused-ring (bicyclic) bond motifs is 2. The van der Waals surface area contributed by atoms with Crippen molar-refractivity contribution < 1.29 is 14.3 Å². The molecule has 35 heavy (non-hydrogen) atoms. The quantitative estimate of drug-likeness (QED) is 0.470. The summed E-state index contributed by atoms with van der Waals surface area (Å²) in [5.41, 5.74) is 3.36. The van der Waals surface area contributed by atoms with Crippen molar-refractivity contribution in [2.75, 3.05) is 12.4 Å². The zero-order valence-electron chi connectivity index (χ0n) is 20.0. The van der Waals surface area contributed by atoms with Gasteiger partial charge in [-0.25, -0.2) is 0 Å². The maximum atomic E-state index is 13.0. The third-order valence-corrected chi connectivity index (χ3v) is 6.92. The molecule has 1 N–H and O–H groups in total. The van der Waals surface area contributed by atoms with Crippen molar-refractivity contribution >= 4 is 17.4 Å². The zero-order chi connectivity index (χ0) is 24.1. The first-order chi connectivity index (χ1) is 17.0. The van der Waals surface area contributed by atoms with Crippen LogP contribution in [0.15, 0.2) is 30.3 Å². The van der Waals surface area contributed by atoms with E-state index in [1.165, 1.54) is 12.8 Å². The van der Waals surface area contributed by atoms with E-state index in [-0.39, 0.29) is 17.9 Å². The smallest absolute Gasteiger partial charge is 0.226 e. The van der Waals surface area contributed by atoms with Crippen molar-refractivity contribution in [3.63, 3.8) is 0 Å². The molecule has 4 heterocycles. The van der Waals surface area contributed by atoms with Crippen LogP contribution in [0.5, 0.6) is 11.5 Å². The molecular formula is C25H27N7O3. The molecule has 0 unspecified atom stereocenters. The number of methoxy groups -OCH3 is 1. The number of aromatic nitrogens is 6. The number of nitrogens with one attached hydrogen (secondary N) is 1. The summed E-state index contributed by atoms with van der Waals surface area (Å²) in [5.74, 6) is 2.96. The Hall–Kier alpha value is -3.95. The summed E-state index contributed by atoms with van der Waals surface area (Å²) in [4.78, 5) is 13.0. The van der Waals surface area contributed by atoms with Gasteiger partial charge in [0.25, 0.3) is 0 Å². The number of rotatable bonds is 5. The Morgan fingerprint density at radius 2 is 1.89 bits per heavy atom. The minimum atomic E-state index is -0.223. The van der Waals surface area contributed by atoms with Crippen LogP contribution in [0.1, 0.15) is 60.7 Å². The first kappa shape index (κ1) is 21.6. The van der Waals surface area contributed by atoms with Gasteiger partial charge in [-0.05, 0) is 57.7 Å². The lowest BCUT2D eigenvalue weighted by Crippen LogP contribution is -2.26. The summed E-state index contributed by atoms with van der Waals surface area (Å²) in [6.45, 7) is 3.80. The van der Waals surface area contributed by atoms with Crippen LogP contribution < -0.4 is 14.8 Å². The summed E-state index contributed by atoms with van der Waals surface area (Å²) in [6.07, 6.45) is 4.85. The lowest BCUT2D eigenvalue weighted by atomic mass is 9.85. The Labute approximate surface area is 202 Å². The topological polar surface area (TPSA) is 108 Å². The standard InChI is InChI=1S/C25H27N7O3/c1-14-23-18(17-9-6-10-19(34-3)24(17)35-16-7-4-5-8-16)13-22(33)26-25(23)32(29-14)21-12-11-20-28-27-15(2)31(20)30-21/h6,9-12,16,18H,4-5,7-8,13H2,1-3H3,(H,26,33)/t18-/m1/s1. The number of amides is 1. The lowest BCUT2D eigenvalue weighted by molar-refractivity contribution is -0.116. The number of nitrogens with zero attached hydrogens (tertiary/aromatic N) is 6. The molecule has 0 radical (unpaired) electrons. The molecule has 0 spiro atoms. The van der Waals surface area contributed by atoms with Crippen LogP contribution in [0, 0.1) is 13.8 Å². The van der Waals surface area contributed by atoms with Crippen LogP contribution in [-0.2, 0) is 4.79 Å². The first-order valence-electron chi connectivity index (χ1n) is 12.0. The Morgan fingerprint density at radius 3 is 2.69 bits per heavy atom. The van der Waals surface area contributed by atoms with Gasteiger partial charge in [-0.1, -0.05) is 12.1 Å². The molecule has 1 aromatic carbocycles. The van der Waals surface area contributed by atoms with Crippen molar-refractivity contribution in [1.82, 2.24) is 29.6 Å². The molecule has 1 atom stereocenters. The van der Waals surface area contributed by atoms with Gasteiger partial charge in [0.05, 0.1) is 18.9 Å². The van der Waals surface area contributed by atoms with Gasteiger partial charge in [-0.3, -0.25) is 4.79 Å².